The van der Waals surface area contributed by atoms with Crippen molar-refractivity contribution >= 4 is 65.0 Å². The van der Waals surface area contributed by atoms with E-state index in [0.717, 1.165) is 71.5 Å². The quantitative estimate of drug-likeness (QED) is 0.163. The van der Waals surface area contributed by atoms with Crippen LogP contribution in [0.15, 0.2) is 199 Å². The van der Waals surface area contributed by atoms with Crippen LogP contribution in [0.4, 0.5) is 0 Å². The van der Waals surface area contributed by atoms with Gasteiger partial charge >= 0.3 is 0 Å². The van der Waals surface area contributed by atoms with E-state index >= 15 is 0 Å². The molecule has 0 saturated heterocycles. The predicted molar refractivity (Wildman–Crippen MR) is 249 cm³/mol. The van der Waals surface area contributed by atoms with Gasteiger partial charge in [0, 0.05) is 27.5 Å². The van der Waals surface area contributed by atoms with Crippen molar-refractivity contribution in [2.75, 3.05) is 0 Å². The maximum atomic E-state index is 9.48. The lowest BCUT2D eigenvalue weighted by molar-refractivity contribution is 0.669. The largest absolute Gasteiger partial charge is 0.456 e. The smallest absolute Gasteiger partial charge is 0.164 e. The highest BCUT2D eigenvalue weighted by Crippen LogP contribution is 2.43. The number of hydrogen-bond donors (Lipinski definition) is 0. The van der Waals surface area contributed by atoms with Crippen molar-refractivity contribution in [3.05, 3.63) is 200 Å². The molecule has 0 radical (unpaired) electrons. The monoisotopic (exact) mass is 776 g/mol. The molecule has 0 unspecified atom stereocenters. The van der Waals surface area contributed by atoms with Crippen molar-refractivity contribution in [3.63, 3.8) is 0 Å². The summed E-state index contributed by atoms with van der Waals surface area (Å²) in [5.41, 5.74) is 9.49. The molecule has 0 fully saturated rings. The average molecular weight is 777 g/mol. The summed E-state index contributed by atoms with van der Waals surface area (Å²) in [6.45, 7) is 0. The zero-order valence-corrected chi connectivity index (χ0v) is 32.7. The van der Waals surface area contributed by atoms with Crippen LogP contribution in [0.1, 0.15) is 5.56 Å². The fourth-order valence-electron chi connectivity index (χ4n) is 8.95. The van der Waals surface area contributed by atoms with Crippen LogP contribution in [0.25, 0.3) is 121 Å². The first kappa shape index (κ1) is 34.6. The van der Waals surface area contributed by atoms with Crippen molar-refractivity contribution in [1.29, 1.82) is 5.26 Å². The molecule has 5 nitrogen and oxygen atoms in total. The Labute approximate surface area is 350 Å². The molecule has 0 aliphatic rings. The van der Waals surface area contributed by atoms with E-state index in [0.29, 0.717) is 23.0 Å². The molecule has 0 aliphatic heterocycles. The van der Waals surface area contributed by atoms with Crippen LogP contribution in [0, 0.1) is 11.3 Å². The van der Waals surface area contributed by atoms with E-state index in [1.54, 1.807) is 0 Å². The second-order valence-electron chi connectivity index (χ2n) is 15.5. The van der Waals surface area contributed by atoms with Crippen LogP contribution >= 0.6 is 0 Å². The molecular formula is C56H32N4O. The highest BCUT2D eigenvalue weighted by molar-refractivity contribution is 6.24. The molecule has 0 N–H and O–H groups in total. The van der Waals surface area contributed by atoms with Gasteiger partial charge in [0.2, 0.25) is 0 Å². The number of fused-ring (bicyclic) bond motifs is 9. The Morgan fingerprint density at radius 1 is 0.328 bits per heavy atom. The standard InChI is InChI=1S/C56H32N4O/c57-33-34-21-22-37-28-39(24-23-36(37)27-34)49-32-51-44-17-6-4-15-42(44)48(31-50(51)45-18-7-5-16-43(45)49)38-13-10-14-40(29-38)55-58-54(35-11-2-1-3-12-35)59-56(60-55)41-25-26-47-46-19-8-9-20-52(46)61-53(47)30-41/h1-32H. The number of hydrogen-bond acceptors (Lipinski definition) is 5. The number of aromatic nitrogens is 3. The van der Waals surface area contributed by atoms with Gasteiger partial charge in [0.1, 0.15) is 11.2 Å². The van der Waals surface area contributed by atoms with Gasteiger partial charge in [0.25, 0.3) is 0 Å². The summed E-state index contributed by atoms with van der Waals surface area (Å²) in [6.07, 6.45) is 0. The lowest BCUT2D eigenvalue weighted by Gasteiger charge is -2.17. The highest BCUT2D eigenvalue weighted by Gasteiger charge is 2.18. The van der Waals surface area contributed by atoms with Crippen LogP contribution in [0.2, 0.25) is 0 Å². The molecule has 0 spiro atoms. The summed E-state index contributed by atoms with van der Waals surface area (Å²) in [5.74, 6) is 1.77. The molecule has 0 atom stereocenters. The summed E-state index contributed by atoms with van der Waals surface area (Å²) in [5, 5.41) is 20.9. The van der Waals surface area contributed by atoms with Gasteiger partial charge in [0.15, 0.2) is 17.5 Å². The molecule has 2 heterocycles. The van der Waals surface area contributed by atoms with E-state index in [1.807, 2.05) is 72.8 Å². The van der Waals surface area contributed by atoms with E-state index in [1.165, 1.54) is 32.5 Å². The van der Waals surface area contributed by atoms with Gasteiger partial charge in [0.05, 0.1) is 11.6 Å². The molecule has 282 valence electrons. The van der Waals surface area contributed by atoms with Crippen molar-refractivity contribution in [3.8, 4) is 62.5 Å². The number of furan rings is 1. The van der Waals surface area contributed by atoms with Gasteiger partial charge in [-0.15, -0.1) is 0 Å². The lowest BCUT2D eigenvalue weighted by Crippen LogP contribution is -2.00. The van der Waals surface area contributed by atoms with Crippen molar-refractivity contribution < 1.29 is 4.42 Å². The maximum absolute atomic E-state index is 9.48. The number of benzene rings is 10. The molecule has 0 amide bonds. The molecule has 5 heteroatoms. The van der Waals surface area contributed by atoms with Gasteiger partial charge in [-0.05, 0) is 120 Å². The molecular weight excluding hydrogens is 745 g/mol. The molecule has 10 aromatic carbocycles. The molecule has 12 rings (SSSR count). The fraction of sp³-hybridized carbons (Fsp3) is 0. The summed E-state index contributed by atoms with van der Waals surface area (Å²) in [6, 6.07) is 69.7. The molecule has 0 saturated carbocycles. The summed E-state index contributed by atoms with van der Waals surface area (Å²) in [4.78, 5) is 15.2. The van der Waals surface area contributed by atoms with Crippen LogP contribution in [0.5, 0.6) is 0 Å². The van der Waals surface area contributed by atoms with Gasteiger partial charge in [-0.25, -0.2) is 15.0 Å². The number of nitriles is 1. The minimum absolute atomic E-state index is 0.577. The Morgan fingerprint density at radius 3 is 1.54 bits per heavy atom. The third-order valence-electron chi connectivity index (χ3n) is 11.9. The third kappa shape index (κ3) is 5.81. The predicted octanol–water partition coefficient (Wildman–Crippen LogP) is 14.6. The Hall–Kier alpha value is -8.46. The average Bonchev–Trinajstić information content (AvgIpc) is 3.71. The lowest BCUT2D eigenvalue weighted by atomic mass is 9.87. The highest BCUT2D eigenvalue weighted by atomic mass is 16.3. The van der Waals surface area contributed by atoms with E-state index in [-0.39, 0.29) is 0 Å². The van der Waals surface area contributed by atoms with E-state index in [9.17, 15) is 5.26 Å². The first-order valence-electron chi connectivity index (χ1n) is 20.3. The normalized spacial score (nSPS) is 11.6. The van der Waals surface area contributed by atoms with E-state index in [2.05, 4.69) is 127 Å². The third-order valence-corrected chi connectivity index (χ3v) is 11.9. The van der Waals surface area contributed by atoms with Crippen LogP contribution in [0.3, 0.4) is 0 Å². The second kappa shape index (κ2) is 13.8. The maximum Gasteiger partial charge on any atom is 0.164 e. The summed E-state index contributed by atoms with van der Waals surface area (Å²) >= 11 is 0. The molecule has 0 aliphatic carbocycles. The van der Waals surface area contributed by atoms with Crippen molar-refractivity contribution in [1.82, 2.24) is 15.0 Å². The van der Waals surface area contributed by atoms with Crippen LogP contribution in [-0.2, 0) is 0 Å². The minimum Gasteiger partial charge on any atom is -0.456 e. The SMILES string of the molecule is N#Cc1ccc2cc(-c3cc4c5ccccc5c(-c5cccc(-c6nc(-c7ccccc7)nc(-c7ccc8c(c7)oc7ccccc78)n6)c5)cc4c4ccccc34)ccc2c1. The summed E-state index contributed by atoms with van der Waals surface area (Å²) < 4.78 is 6.27. The number of nitrogens with zero attached hydrogens (tertiary/aromatic N) is 4. The molecule has 12 aromatic rings. The van der Waals surface area contributed by atoms with E-state index in [4.69, 9.17) is 19.4 Å². The van der Waals surface area contributed by atoms with Crippen molar-refractivity contribution in [2.45, 2.75) is 0 Å². The van der Waals surface area contributed by atoms with E-state index < -0.39 is 0 Å². The van der Waals surface area contributed by atoms with Gasteiger partial charge in [-0.3, -0.25) is 0 Å². The topological polar surface area (TPSA) is 75.6 Å². The van der Waals surface area contributed by atoms with Crippen LogP contribution < -0.4 is 0 Å². The van der Waals surface area contributed by atoms with Gasteiger partial charge in [-0.2, -0.15) is 5.26 Å². The van der Waals surface area contributed by atoms with Gasteiger partial charge in [-0.1, -0.05) is 140 Å². The van der Waals surface area contributed by atoms with Crippen LogP contribution in [-0.4, -0.2) is 15.0 Å². The summed E-state index contributed by atoms with van der Waals surface area (Å²) in [7, 11) is 0. The van der Waals surface area contributed by atoms with Gasteiger partial charge < -0.3 is 4.42 Å². The Balaban J connectivity index is 1.02. The Kier molecular flexibility index (Phi) is 7.84. The zero-order chi connectivity index (χ0) is 40.4. The number of rotatable bonds is 5. The molecule has 0 bridgehead atoms. The van der Waals surface area contributed by atoms with Crippen molar-refractivity contribution in [2.24, 2.45) is 0 Å². The minimum atomic E-state index is 0.577. The second-order valence-corrected chi connectivity index (χ2v) is 15.5. The molecule has 2 aromatic heterocycles. The zero-order valence-electron chi connectivity index (χ0n) is 32.7. The first-order valence-corrected chi connectivity index (χ1v) is 20.3. The molecule has 61 heavy (non-hydrogen) atoms. The Bertz CT molecular complexity index is 3790. The Morgan fingerprint density at radius 2 is 0.836 bits per heavy atom. The first-order chi connectivity index (χ1) is 30.1. The fourth-order valence-corrected chi connectivity index (χ4v) is 8.95. The number of para-hydroxylation sites is 1.